The molecule has 0 aromatic carbocycles. The van der Waals surface area contributed by atoms with Crippen molar-refractivity contribution in [3.8, 4) is 5.75 Å². The van der Waals surface area contributed by atoms with E-state index in [9.17, 15) is 9.59 Å². The standard InChI is InChI=1S/C10H13NO4/c1-7(10(13)15-3)11-6-4-5-8(14-2)9(11)12/h4-7H,1-3H3. The van der Waals surface area contributed by atoms with E-state index >= 15 is 0 Å². The fourth-order valence-corrected chi connectivity index (χ4v) is 1.23. The Morgan fingerprint density at radius 3 is 2.67 bits per heavy atom. The summed E-state index contributed by atoms with van der Waals surface area (Å²) in [5.74, 6) is -0.265. The molecule has 0 aliphatic heterocycles. The van der Waals surface area contributed by atoms with Crippen molar-refractivity contribution in [2.75, 3.05) is 14.2 Å². The molecule has 0 fully saturated rings. The van der Waals surface area contributed by atoms with Gasteiger partial charge >= 0.3 is 5.97 Å². The van der Waals surface area contributed by atoms with Gasteiger partial charge in [-0.25, -0.2) is 4.79 Å². The number of carbonyl (C=O) groups excluding carboxylic acids is 1. The van der Waals surface area contributed by atoms with E-state index in [1.807, 2.05) is 0 Å². The molecule has 0 spiro atoms. The summed E-state index contributed by atoms with van der Waals surface area (Å²) in [6.07, 6.45) is 1.52. The van der Waals surface area contributed by atoms with Crippen LogP contribution in [0.15, 0.2) is 23.1 Å². The van der Waals surface area contributed by atoms with Crippen LogP contribution < -0.4 is 10.3 Å². The summed E-state index contributed by atoms with van der Waals surface area (Å²) < 4.78 is 10.7. The first-order valence-electron chi connectivity index (χ1n) is 4.44. The first-order valence-corrected chi connectivity index (χ1v) is 4.44. The molecule has 0 bridgehead atoms. The number of hydrogen-bond donors (Lipinski definition) is 0. The van der Waals surface area contributed by atoms with Crippen molar-refractivity contribution < 1.29 is 14.3 Å². The van der Waals surface area contributed by atoms with Crippen molar-refractivity contribution in [2.24, 2.45) is 0 Å². The number of aromatic nitrogens is 1. The van der Waals surface area contributed by atoms with E-state index in [-0.39, 0.29) is 11.3 Å². The molecule has 1 rings (SSSR count). The van der Waals surface area contributed by atoms with Crippen LogP contribution in [0.25, 0.3) is 0 Å². The van der Waals surface area contributed by atoms with Crippen LogP contribution in [0.5, 0.6) is 5.75 Å². The smallest absolute Gasteiger partial charge is 0.328 e. The van der Waals surface area contributed by atoms with Crippen molar-refractivity contribution >= 4 is 5.97 Å². The number of esters is 1. The number of rotatable bonds is 3. The van der Waals surface area contributed by atoms with Gasteiger partial charge in [0, 0.05) is 6.20 Å². The van der Waals surface area contributed by atoms with Gasteiger partial charge < -0.3 is 9.47 Å². The van der Waals surface area contributed by atoms with Crippen LogP contribution in [-0.2, 0) is 9.53 Å². The lowest BCUT2D eigenvalue weighted by atomic mass is 10.3. The summed E-state index contributed by atoms with van der Waals surface area (Å²) in [5.41, 5.74) is -0.349. The fourth-order valence-electron chi connectivity index (χ4n) is 1.23. The number of nitrogens with zero attached hydrogens (tertiary/aromatic N) is 1. The zero-order valence-corrected chi connectivity index (χ0v) is 8.89. The average molecular weight is 211 g/mol. The molecule has 0 saturated carbocycles. The summed E-state index contributed by atoms with van der Waals surface area (Å²) in [6, 6.07) is 2.53. The van der Waals surface area contributed by atoms with Gasteiger partial charge in [-0.05, 0) is 19.1 Å². The maximum atomic E-state index is 11.7. The quantitative estimate of drug-likeness (QED) is 0.686. The maximum absolute atomic E-state index is 11.7. The van der Waals surface area contributed by atoms with E-state index in [2.05, 4.69) is 4.74 Å². The largest absolute Gasteiger partial charge is 0.491 e. The van der Waals surface area contributed by atoms with Crippen molar-refractivity contribution in [2.45, 2.75) is 13.0 Å². The molecular weight excluding hydrogens is 198 g/mol. The van der Waals surface area contributed by atoms with E-state index in [4.69, 9.17) is 4.74 Å². The van der Waals surface area contributed by atoms with Gasteiger partial charge in [-0.2, -0.15) is 0 Å². The predicted octanol–water partition coefficient (Wildman–Crippen LogP) is 0.591. The lowest BCUT2D eigenvalue weighted by Gasteiger charge is -2.13. The maximum Gasteiger partial charge on any atom is 0.328 e. The van der Waals surface area contributed by atoms with Gasteiger partial charge in [0.25, 0.3) is 5.56 Å². The monoisotopic (exact) mass is 211 g/mol. The number of pyridine rings is 1. The highest BCUT2D eigenvalue weighted by molar-refractivity contribution is 5.73. The summed E-state index contributed by atoms with van der Waals surface area (Å²) in [7, 11) is 2.69. The zero-order valence-electron chi connectivity index (χ0n) is 8.89. The fraction of sp³-hybridized carbons (Fsp3) is 0.400. The Kier molecular flexibility index (Phi) is 3.49. The highest BCUT2D eigenvalue weighted by atomic mass is 16.5. The minimum Gasteiger partial charge on any atom is -0.491 e. The number of methoxy groups -OCH3 is 2. The Labute approximate surface area is 87.2 Å². The Morgan fingerprint density at radius 1 is 1.47 bits per heavy atom. The van der Waals surface area contributed by atoms with Gasteiger partial charge in [0.15, 0.2) is 5.75 Å². The lowest BCUT2D eigenvalue weighted by molar-refractivity contribution is -0.144. The normalized spacial score (nSPS) is 11.9. The predicted molar refractivity (Wildman–Crippen MR) is 54.0 cm³/mol. The molecule has 1 unspecified atom stereocenters. The Hall–Kier alpha value is -1.78. The molecule has 82 valence electrons. The van der Waals surface area contributed by atoms with E-state index in [0.717, 1.165) is 0 Å². The molecule has 1 atom stereocenters. The van der Waals surface area contributed by atoms with Crippen molar-refractivity contribution in [1.82, 2.24) is 4.57 Å². The highest BCUT2D eigenvalue weighted by Crippen LogP contribution is 2.07. The highest BCUT2D eigenvalue weighted by Gasteiger charge is 2.17. The molecule has 0 N–H and O–H groups in total. The van der Waals surface area contributed by atoms with E-state index < -0.39 is 12.0 Å². The molecular formula is C10H13NO4. The molecule has 5 nitrogen and oxygen atoms in total. The second kappa shape index (κ2) is 4.63. The summed E-state index contributed by atoms with van der Waals surface area (Å²) >= 11 is 0. The summed E-state index contributed by atoms with van der Waals surface area (Å²) in [4.78, 5) is 22.9. The van der Waals surface area contributed by atoms with Gasteiger partial charge in [0.05, 0.1) is 14.2 Å². The van der Waals surface area contributed by atoms with Crippen LogP contribution in [-0.4, -0.2) is 24.8 Å². The third-order valence-electron chi connectivity index (χ3n) is 2.12. The molecule has 0 amide bonds. The zero-order chi connectivity index (χ0) is 11.4. The van der Waals surface area contributed by atoms with Crippen LogP contribution in [0, 0.1) is 0 Å². The van der Waals surface area contributed by atoms with Crippen LogP contribution in [0.4, 0.5) is 0 Å². The minimum atomic E-state index is -0.655. The Balaban J connectivity index is 3.15. The second-order valence-corrected chi connectivity index (χ2v) is 2.99. The van der Waals surface area contributed by atoms with E-state index in [0.29, 0.717) is 0 Å². The van der Waals surface area contributed by atoms with Gasteiger partial charge in [-0.15, -0.1) is 0 Å². The summed E-state index contributed by atoms with van der Waals surface area (Å²) in [5, 5.41) is 0. The minimum absolute atomic E-state index is 0.202. The SMILES string of the molecule is COC(=O)C(C)n1cccc(OC)c1=O. The Bertz CT molecular complexity index is 410. The first kappa shape index (κ1) is 11.3. The molecule has 5 heteroatoms. The molecule has 1 heterocycles. The van der Waals surface area contributed by atoms with Gasteiger partial charge in [-0.1, -0.05) is 0 Å². The average Bonchev–Trinajstić information content (AvgIpc) is 2.27. The van der Waals surface area contributed by atoms with E-state index in [1.165, 1.54) is 25.0 Å². The number of carbonyl (C=O) groups is 1. The van der Waals surface area contributed by atoms with Gasteiger partial charge in [0.2, 0.25) is 0 Å². The van der Waals surface area contributed by atoms with Crippen molar-refractivity contribution in [3.05, 3.63) is 28.7 Å². The van der Waals surface area contributed by atoms with Crippen LogP contribution in [0.3, 0.4) is 0 Å². The van der Waals surface area contributed by atoms with Crippen LogP contribution in [0.2, 0.25) is 0 Å². The second-order valence-electron chi connectivity index (χ2n) is 2.99. The van der Waals surface area contributed by atoms with E-state index in [1.54, 1.807) is 19.1 Å². The molecule has 0 radical (unpaired) electrons. The van der Waals surface area contributed by atoms with Gasteiger partial charge in [0.1, 0.15) is 6.04 Å². The molecule has 15 heavy (non-hydrogen) atoms. The van der Waals surface area contributed by atoms with Crippen LogP contribution >= 0.6 is 0 Å². The molecule has 0 saturated heterocycles. The third-order valence-corrected chi connectivity index (χ3v) is 2.12. The van der Waals surface area contributed by atoms with Gasteiger partial charge in [-0.3, -0.25) is 9.36 Å². The molecule has 0 aliphatic rings. The Morgan fingerprint density at radius 2 is 2.13 bits per heavy atom. The molecule has 1 aromatic heterocycles. The molecule has 1 aromatic rings. The topological polar surface area (TPSA) is 57.5 Å². The third kappa shape index (κ3) is 2.18. The van der Waals surface area contributed by atoms with Crippen molar-refractivity contribution in [3.63, 3.8) is 0 Å². The molecule has 0 aliphatic carbocycles. The summed E-state index contributed by atoms with van der Waals surface area (Å²) in [6.45, 7) is 1.59. The van der Waals surface area contributed by atoms with Crippen molar-refractivity contribution in [1.29, 1.82) is 0 Å². The van der Waals surface area contributed by atoms with Crippen LogP contribution in [0.1, 0.15) is 13.0 Å². The number of hydrogen-bond acceptors (Lipinski definition) is 4. The first-order chi connectivity index (χ1) is 7.11. The lowest BCUT2D eigenvalue weighted by Crippen LogP contribution is -2.28. The number of ether oxygens (including phenoxy) is 2.